The van der Waals surface area contributed by atoms with Gasteiger partial charge < -0.3 is 5.11 Å². The SMILES string of the molecule is C.C.CCC(C)(C)C(=O)O.[Y]. The van der Waals surface area contributed by atoms with Crippen LogP contribution in [0.25, 0.3) is 0 Å². The van der Waals surface area contributed by atoms with Crippen LogP contribution < -0.4 is 0 Å². The zero-order valence-corrected chi connectivity index (χ0v) is 8.98. The van der Waals surface area contributed by atoms with Gasteiger partial charge in [-0.2, -0.15) is 0 Å². The number of carboxylic acids is 1. The second kappa shape index (κ2) is 8.67. The molecule has 0 spiro atoms. The number of carbonyl (C=O) groups is 1. The molecule has 1 N–H and O–H groups in total. The van der Waals surface area contributed by atoms with Gasteiger partial charge in [-0.1, -0.05) is 21.8 Å². The molecule has 0 aromatic carbocycles. The molecule has 67 valence electrons. The van der Waals surface area contributed by atoms with Gasteiger partial charge in [0.25, 0.3) is 0 Å². The van der Waals surface area contributed by atoms with Gasteiger partial charge in [0.15, 0.2) is 0 Å². The Morgan fingerprint density at radius 2 is 1.64 bits per heavy atom. The maximum Gasteiger partial charge on any atom is 0.309 e. The Kier molecular flexibility index (Phi) is 17.8. The molecule has 0 amide bonds. The first-order chi connectivity index (χ1) is 3.50. The van der Waals surface area contributed by atoms with E-state index in [2.05, 4.69) is 0 Å². The van der Waals surface area contributed by atoms with Crippen LogP contribution in [0.15, 0.2) is 0 Å². The predicted molar refractivity (Wildman–Crippen MR) is 45.2 cm³/mol. The fraction of sp³-hybridized carbons (Fsp3) is 0.875. The summed E-state index contributed by atoms with van der Waals surface area (Å²) in [7, 11) is 0. The van der Waals surface area contributed by atoms with Gasteiger partial charge in [-0.05, 0) is 20.3 Å². The fourth-order valence-corrected chi connectivity index (χ4v) is 0.151. The smallest absolute Gasteiger partial charge is 0.309 e. The molecule has 11 heavy (non-hydrogen) atoms. The van der Waals surface area contributed by atoms with Crippen LogP contribution in [0, 0.1) is 5.41 Å². The van der Waals surface area contributed by atoms with Crippen LogP contribution in [0.3, 0.4) is 0 Å². The molecule has 0 aliphatic rings. The molecule has 0 bridgehead atoms. The van der Waals surface area contributed by atoms with Crippen molar-refractivity contribution in [2.45, 2.75) is 42.0 Å². The van der Waals surface area contributed by atoms with Gasteiger partial charge >= 0.3 is 5.97 Å². The first-order valence-corrected chi connectivity index (χ1v) is 2.74. The van der Waals surface area contributed by atoms with Crippen LogP contribution in [0.5, 0.6) is 0 Å². The average Bonchev–Trinajstić information content (AvgIpc) is 1.67. The average molecular weight is 237 g/mol. The van der Waals surface area contributed by atoms with Crippen molar-refractivity contribution >= 4 is 5.97 Å². The predicted octanol–water partition coefficient (Wildman–Crippen LogP) is 2.78. The summed E-state index contributed by atoms with van der Waals surface area (Å²) in [5.74, 6) is -0.722. The molecule has 0 rings (SSSR count). The van der Waals surface area contributed by atoms with Crippen LogP contribution in [-0.4, -0.2) is 11.1 Å². The van der Waals surface area contributed by atoms with Gasteiger partial charge in [-0.25, -0.2) is 0 Å². The minimum atomic E-state index is -0.722. The number of aliphatic carboxylic acids is 1. The van der Waals surface area contributed by atoms with Gasteiger partial charge in [-0.3, -0.25) is 4.79 Å². The maximum absolute atomic E-state index is 10.3. The van der Waals surface area contributed by atoms with E-state index in [1.54, 1.807) is 13.8 Å². The van der Waals surface area contributed by atoms with Gasteiger partial charge in [-0.15, -0.1) is 0 Å². The van der Waals surface area contributed by atoms with Crippen molar-refractivity contribution in [2.24, 2.45) is 5.41 Å². The van der Waals surface area contributed by atoms with Crippen LogP contribution in [0.4, 0.5) is 0 Å². The standard InChI is InChI=1S/C6H12O2.2CH4.Y/c1-4-6(2,3)5(7)8;;;/h4H2,1-3H3,(H,7,8);2*1H4;. The number of hydrogen-bond donors (Lipinski definition) is 1. The van der Waals surface area contributed by atoms with Crippen LogP contribution in [0.2, 0.25) is 0 Å². The summed E-state index contributed by atoms with van der Waals surface area (Å²) >= 11 is 0. The van der Waals surface area contributed by atoms with E-state index in [0.29, 0.717) is 6.42 Å². The zero-order chi connectivity index (χ0) is 6.78. The van der Waals surface area contributed by atoms with Crippen LogP contribution in [0.1, 0.15) is 42.0 Å². The molecule has 3 heteroatoms. The van der Waals surface area contributed by atoms with E-state index in [1.807, 2.05) is 6.92 Å². The summed E-state index contributed by atoms with van der Waals surface area (Å²) in [4.78, 5) is 10.3. The van der Waals surface area contributed by atoms with Crippen molar-refractivity contribution < 1.29 is 42.6 Å². The zero-order valence-electron chi connectivity index (χ0n) is 6.14. The van der Waals surface area contributed by atoms with E-state index in [4.69, 9.17) is 5.11 Å². The van der Waals surface area contributed by atoms with E-state index in [0.717, 1.165) is 0 Å². The van der Waals surface area contributed by atoms with E-state index >= 15 is 0 Å². The van der Waals surface area contributed by atoms with Crippen molar-refractivity contribution in [1.82, 2.24) is 0 Å². The molecule has 0 saturated carbocycles. The van der Waals surface area contributed by atoms with Gasteiger partial charge in [0.2, 0.25) is 0 Å². The van der Waals surface area contributed by atoms with Gasteiger partial charge in [0, 0.05) is 32.7 Å². The Morgan fingerprint density at radius 3 is 1.64 bits per heavy atom. The Bertz CT molecular complexity index is 100. The Morgan fingerprint density at radius 1 is 1.36 bits per heavy atom. The van der Waals surface area contributed by atoms with Crippen LogP contribution in [-0.2, 0) is 37.5 Å². The summed E-state index contributed by atoms with van der Waals surface area (Å²) in [6.45, 7) is 5.30. The summed E-state index contributed by atoms with van der Waals surface area (Å²) in [5, 5.41) is 8.44. The second-order valence-electron chi connectivity index (χ2n) is 2.54. The third-order valence-corrected chi connectivity index (χ3v) is 1.46. The monoisotopic (exact) mass is 237 g/mol. The second-order valence-corrected chi connectivity index (χ2v) is 2.54. The molecule has 0 aliphatic carbocycles. The van der Waals surface area contributed by atoms with Crippen molar-refractivity contribution in [3.63, 3.8) is 0 Å². The van der Waals surface area contributed by atoms with Crippen LogP contribution >= 0.6 is 0 Å². The molecule has 0 aliphatic heterocycles. The van der Waals surface area contributed by atoms with E-state index in [9.17, 15) is 4.79 Å². The fourth-order valence-electron chi connectivity index (χ4n) is 0.151. The summed E-state index contributed by atoms with van der Waals surface area (Å²) in [6, 6.07) is 0. The van der Waals surface area contributed by atoms with Gasteiger partial charge in [0.05, 0.1) is 5.41 Å². The molecule has 0 aromatic rings. The number of rotatable bonds is 2. The van der Waals surface area contributed by atoms with Crippen molar-refractivity contribution in [3.8, 4) is 0 Å². The van der Waals surface area contributed by atoms with Crippen molar-refractivity contribution in [1.29, 1.82) is 0 Å². The normalized spacial score (nSPS) is 8.27. The van der Waals surface area contributed by atoms with E-state index in [-0.39, 0.29) is 47.6 Å². The summed E-state index contributed by atoms with van der Waals surface area (Å²) in [5.41, 5.74) is -0.542. The molecule has 0 atom stereocenters. The third-order valence-electron chi connectivity index (χ3n) is 1.46. The molecule has 0 fully saturated rings. The Balaban J connectivity index is -0.0000000817. The molecular formula is C8H20O2Y. The summed E-state index contributed by atoms with van der Waals surface area (Å²) < 4.78 is 0. The Hall–Kier alpha value is 0.574. The molecule has 0 aromatic heterocycles. The van der Waals surface area contributed by atoms with E-state index in [1.165, 1.54) is 0 Å². The molecule has 0 unspecified atom stereocenters. The molecule has 0 heterocycles. The summed E-state index contributed by atoms with van der Waals surface area (Å²) in [6.07, 6.45) is 0.683. The van der Waals surface area contributed by atoms with Crippen molar-refractivity contribution in [3.05, 3.63) is 0 Å². The minimum Gasteiger partial charge on any atom is -0.481 e. The molecular weight excluding hydrogens is 217 g/mol. The number of hydrogen-bond acceptors (Lipinski definition) is 1. The third kappa shape index (κ3) is 8.48. The molecule has 0 saturated heterocycles. The van der Waals surface area contributed by atoms with Crippen molar-refractivity contribution in [2.75, 3.05) is 0 Å². The largest absolute Gasteiger partial charge is 0.481 e. The quantitative estimate of drug-likeness (QED) is 0.801. The minimum absolute atomic E-state index is 0. The van der Waals surface area contributed by atoms with E-state index < -0.39 is 11.4 Å². The topological polar surface area (TPSA) is 37.3 Å². The first kappa shape index (κ1) is 22.6. The first-order valence-electron chi connectivity index (χ1n) is 2.74. The molecule has 1 radical (unpaired) electrons. The van der Waals surface area contributed by atoms with Gasteiger partial charge in [0.1, 0.15) is 0 Å². The number of carboxylic acid groups (broad SMARTS) is 1. The Labute approximate surface area is 95.6 Å². The maximum atomic E-state index is 10.3. The molecule has 2 nitrogen and oxygen atoms in total.